The smallest absolute Gasteiger partial charge is 0.115 e. The number of rotatable bonds is 5. The topological polar surface area (TPSA) is 0 Å². The van der Waals surface area contributed by atoms with E-state index in [1.165, 1.54) is 21.5 Å². The van der Waals surface area contributed by atoms with Gasteiger partial charge in [-0.2, -0.15) is 0 Å². The van der Waals surface area contributed by atoms with Crippen LogP contribution < -0.4 is 15.9 Å². The lowest BCUT2D eigenvalue weighted by atomic mass is 10.2. The summed E-state index contributed by atoms with van der Waals surface area (Å²) in [5.74, 6) is 2.72. The van der Waals surface area contributed by atoms with Crippen LogP contribution in [0, 0.1) is 12.3 Å². The van der Waals surface area contributed by atoms with Crippen LogP contribution in [0.25, 0.3) is 0 Å². The molecule has 0 N–H and O–H groups in total. The molecule has 0 fully saturated rings. The number of hydrogen-bond acceptors (Lipinski definition) is 0. The zero-order valence-electron chi connectivity index (χ0n) is 15.7. The van der Waals surface area contributed by atoms with Crippen molar-refractivity contribution < 1.29 is 0 Å². The Labute approximate surface area is 168 Å². The third-order valence-electron chi connectivity index (χ3n) is 5.13. The first kappa shape index (κ1) is 18.2. The molecule has 0 heterocycles. The summed E-state index contributed by atoms with van der Waals surface area (Å²) in [4.78, 5) is 0. The predicted molar refractivity (Wildman–Crippen MR) is 123 cm³/mol. The summed E-state index contributed by atoms with van der Waals surface area (Å²) in [6, 6.07) is 41.3. The van der Waals surface area contributed by atoms with Crippen molar-refractivity contribution in [3.8, 4) is 12.3 Å². The lowest BCUT2D eigenvalue weighted by Crippen LogP contribution is -2.32. The fraction of sp³-hybridized carbons (Fsp3) is 0.0370. The van der Waals surface area contributed by atoms with Gasteiger partial charge in [-0.15, -0.1) is 6.42 Å². The van der Waals surface area contributed by atoms with E-state index >= 15 is 0 Å². The molecule has 134 valence electrons. The van der Waals surface area contributed by atoms with Gasteiger partial charge < -0.3 is 0 Å². The van der Waals surface area contributed by atoms with Gasteiger partial charge in [0.25, 0.3) is 0 Å². The van der Waals surface area contributed by atoms with E-state index in [9.17, 15) is 0 Å². The van der Waals surface area contributed by atoms with Crippen LogP contribution >= 0.6 is 7.26 Å². The van der Waals surface area contributed by atoms with E-state index in [-0.39, 0.29) is 0 Å². The van der Waals surface area contributed by atoms with Crippen molar-refractivity contribution in [3.05, 3.63) is 126 Å². The summed E-state index contributed by atoms with van der Waals surface area (Å²) in [5, 5.41) is 4.19. The first-order valence-electron chi connectivity index (χ1n) is 9.43. The van der Waals surface area contributed by atoms with Crippen molar-refractivity contribution in [2.75, 3.05) is 0 Å². The average Bonchev–Trinajstić information content (AvgIpc) is 2.80. The van der Waals surface area contributed by atoms with Gasteiger partial charge in [-0.3, -0.25) is 0 Å². The van der Waals surface area contributed by atoms with Crippen molar-refractivity contribution in [2.24, 2.45) is 0 Å². The highest BCUT2D eigenvalue weighted by molar-refractivity contribution is 7.95. The van der Waals surface area contributed by atoms with E-state index in [4.69, 9.17) is 6.42 Å². The zero-order valence-corrected chi connectivity index (χ0v) is 16.6. The van der Waals surface area contributed by atoms with Crippen LogP contribution in [-0.2, 0) is 6.16 Å². The molecule has 0 bridgehead atoms. The lowest BCUT2D eigenvalue weighted by molar-refractivity contribution is 1.38. The third kappa shape index (κ3) is 3.50. The van der Waals surface area contributed by atoms with Crippen LogP contribution in [-0.4, -0.2) is 0 Å². The Morgan fingerprint density at radius 2 is 0.929 bits per heavy atom. The molecule has 0 atom stereocenters. The molecule has 0 aliphatic rings. The molecule has 0 unspecified atom stereocenters. The Hall–Kier alpha value is -3.13. The second-order valence-electron chi connectivity index (χ2n) is 6.82. The first-order chi connectivity index (χ1) is 13.8. The Morgan fingerprint density at radius 3 is 1.29 bits per heavy atom. The zero-order chi connectivity index (χ0) is 19.2. The molecule has 0 aliphatic heterocycles. The van der Waals surface area contributed by atoms with Gasteiger partial charge in [0.2, 0.25) is 0 Å². The van der Waals surface area contributed by atoms with E-state index < -0.39 is 7.26 Å². The van der Waals surface area contributed by atoms with Crippen LogP contribution in [0.15, 0.2) is 115 Å². The second kappa shape index (κ2) is 8.26. The second-order valence-corrected chi connectivity index (χ2v) is 10.3. The van der Waals surface area contributed by atoms with Crippen LogP contribution in [0.2, 0.25) is 0 Å². The number of hydrogen-bond donors (Lipinski definition) is 0. The van der Waals surface area contributed by atoms with Gasteiger partial charge >= 0.3 is 0 Å². The van der Waals surface area contributed by atoms with Crippen molar-refractivity contribution in [1.29, 1.82) is 0 Å². The van der Waals surface area contributed by atoms with Gasteiger partial charge in [0.15, 0.2) is 0 Å². The Balaban J connectivity index is 1.96. The Morgan fingerprint density at radius 1 is 0.536 bits per heavy atom. The first-order valence-corrected chi connectivity index (χ1v) is 11.4. The molecule has 0 spiro atoms. The van der Waals surface area contributed by atoms with E-state index in [2.05, 4.69) is 109 Å². The molecule has 0 aromatic heterocycles. The molecular formula is C27H22P+. The van der Waals surface area contributed by atoms with Crippen molar-refractivity contribution in [3.63, 3.8) is 0 Å². The third-order valence-corrected chi connectivity index (χ3v) is 9.51. The largest absolute Gasteiger partial charge is 0.116 e. The normalized spacial score (nSPS) is 11.0. The minimum Gasteiger partial charge on any atom is -0.115 e. The van der Waals surface area contributed by atoms with E-state index in [0.717, 1.165) is 11.7 Å². The number of benzene rings is 4. The summed E-state index contributed by atoms with van der Waals surface area (Å²) in [6.45, 7) is 0. The van der Waals surface area contributed by atoms with Crippen LogP contribution in [0.4, 0.5) is 0 Å². The quantitative estimate of drug-likeness (QED) is 0.333. The van der Waals surface area contributed by atoms with Gasteiger partial charge in [0, 0.05) is 5.56 Å². The summed E-state index contributed by atoms with van der Waals surface area (Å²) in [7, 11) is -1.85. The van der Waals surface area contributed by atoms with Crippen molar-refractivity contribution >= 4 is 23.2 Å². The van der Waals surface area contributed by atoms with Gasteiger partial charge in [-0.05, 0) is 54.1 Å². The average molecular weight is 377 g/mol. The SMILES string of the molecule is C#Cc1ccc(C[P+](c2ccccc2)(c2ccccc2)c2ccccc2)cc1. The Kier molecular flexibility index (Phi) is 5.38. The van der Waals surface area contributed by atoms with Gasteiger partial charge in [0.1, 0.15) is 23.2 Å². The molecule has 4 aromatic rings. The summed E-state index contributed by atoms with van der Waals surface area (Å²) in [6.07, 6.45) is 6.53. The summed E-state index contributed by atoms with van der Waals surface area (Å²) < 4.78 is 0. The fourth-order valence-electron chi connectivity index (χ4n) is 3.75. The maximum absolute atomic E-state index is 5.56. The summed E-state index contributed by atoms with van der Waals surface area (Å²) in [5.41, 5.74) is 2.23. The minimum absolute atomic E-state index is 0.923. The predicted octanol–water partition coefficient (Wildman–Crippen LogP) is 5.16. The lowest BCUT2D eigenvalue weighted by Gasteiger charge is -2.27. The highest BCUT2D eigenvalue weighted by Crippen LogP contribution is 2.58. The van der Waals surface area contributed by atoms with E-state index in [1.807, 2.05) is 12.1 Å². The highest BCUT2D eigenvalue weighted by atomic mass is 31.2. The van der Waals surface area contributed by atoms with Crippen molar-refractivity contribution in [2.45, 2.75) is 6.16 Å². The number of terminal acetylenes is 1. The van der Waals surface area contributed by atoms with Gasteiger partial charge in [-0.25, -0.2) is 0 Å². The van der Waals surface area contributed by atoms with Crippen LogP contribution in [0.1, 0.15) is 11.1 Å². The molecule has 0 nitrogen and oxygen atoms in total. The molecule has 0 saturated carbocycles. The maximum atomic E-state index is 5.56. The van der Waals surface area contributed by atoms with Crippen LogP contribution in [0.5, 0.6) is 0 Å². The molecule has 0 aliphatic carbocycles. The molecule has 1 heteroatoms. The Bertz CT molecular complexity index is 963. The summed E-state index contributed by atoms with van der Waals surface area (Å²) >= 11 is 0. The molecule has 0 radical (unpaired) electrons. The fourth-order valence-corrected chi connectivity index (χ4v) is 7.99. The molecular weight excluding hydrogens is 355 g/mol. The molecule has 0 amide bonds. The highest BCUT2D eigenvalue weighted by Gasteiger charge is 2.45. The maximum Gasteiger partial charge on any atom is 0.116 e. The minimum atomic E-state index is -1.85. The van der Waals surface area contributed by atoms with Crippen molar-refractivity contribution in [1.82, 2.24) is 0 Å². The molecule has 4 aromatic carbocycles. The molecule has 0 saturated heterocycles. The van der Waals surface area contributed by atoms with Gasteiger partial charge in [-0.1, -0.05) is 72.7 Å². The monoisotopic (exact) mass is 377 g/mol. The standard InChI is InChI=1S/C27H22P/c1-2-23-18-20-24(21-19-23)22-28(25-12-6-3-7-13-25,26-14-8-4-9-15-26)27-16-10-5-11-17-27/h1,3-21H,22H2/q+1. The van der Waals surface area contributed by atoms with Crippen LogP contribution in [0.3, 0.4) is 0 Å². The molecule has 4 rings (SSSR count). The molecule has 28 heavy (non-hydrogen) atoms. The van der Waals surface area contributed by atoms with E-state index in [0.29, 0.717) is 0 Å². The van der Waals surface area contributed by atoms with E-state index in [1.54, 1.807) is 0 Å². The van der Waals surface area contributed by atoms with Gasteiger partial charge in [0.05, 0.1) is 6.16 Å².